The third kappa shape index (κ3) is 32.8. The van der Waals surface area contributed by atoms with Gasteiger partial charge in [-0.15, -0.1) is 0 Å². The first-order valence-electron chi connectivity index (χ1n) is 28.0. The molecule has 2 unspecified atom stereocenters. The Bertz CT molecular complexity index is 2340. The van der Waals surface area contributed by atoms with Crippen molar-refractivity contribution < 1.29 is 88.9 Å². The first-order valence-corrected chi connectivity index (χ1v) is 28.0. The molecule has 0 aromatic heterocycles. The number of ketones is 2. The van der Waals surface area contributed by atoms with E-state index in [1.807, 2.05) is 0 Å². The predicted molar refractivity (Wildman–Crippen MR) is 314 cm³/mol. The van der Waals surface area contributed by atoms with Crippen LogP contribution in [0.3, 0.4) is 0 Å². The molecule has 448 valence electrons. The summed E-state index contributed by atoms with van der Waals surface area (Å²) in [5.74, 6) is -3.17. The van der Waals surface area contributed by atoms with Crippen LogP contribution in [-0.2, 0) is 38.0 Å². The van der Waals surface area contributed by atoms with Gasteiger partial charge in [0.1, 0.15) is 18.8 Å². The Balaban J connectivity index is 0.00000110. The van der Waals surface area contributed by atoms with Gasteiger partial charge in [0.2, 0.25) is 0 Å². The lowest BCUT2D eigenvalue weighted by Crippen LogP contribution is -3.00. The summed E-state index contributed by atoms with van der Waals surface area (Å²) in [6, 6.07) is 29.9. The van der Waals surface area contributed by atoms with Crippen LogP contribution < -0.4 is 17.0 Å². The van der Waals surface area contributed by atoms with E-state index < -0.39 is 24.0 Å². The summed E-state index contributed by atoms with van der Waals surface area (Å²) in [6.07, 6.45) is 15.6. The zero-order chi connectivity index (χ0) is 57.9. The molecule has 1 fully saturated rings. The van der Waals surface area contributed by atoms with Gasteiger partial charge in [0.25, 0.3) is 0 Å². The highest BCUT2D eigenvalue weighted by atomic mass is 79.9. The summed E-state index contributed by atoms with van der Waals surface area (Å²) in [5.41, 5.74) is 1.57. The van der Waals surface area contributed by atoms with Gasteiger partial charge >= 0.3 is 23.9 Å². The van der Waals surface area contributed by atoms with Crippen LogP contribution >= 0.6 is 0 Å². The van der Waals surface area contributed by atoms with Crippen molar-refractivity contribution in [2.75, 3.05) is 79.0 Å². The number of unbranched alkanes of at least 4 members (excludes halogenated alkanes) is 6. The van der Waals surface area contributed by atoms with E-state index in [1.165, 1.54) is 106 Å². The Labute approximate surface area is 493 Å². The summed E-state index contributed by atoms with van der Waals surface area (Å²) in [6.45, 7) is 24.7. The lowest BCUT2D eigenvalue weighted by molar-refractivity contribution is -0.929. The third-order valence-electron chi connectivity index (χ3n) is 12.4. The number of nitrogens with zero attached hydrogens (tertiary/aromatic N) is 1. The zero-order valence-corrected chi connectivity index (χ0v) is 49.3. The molecular formula is C65H92BrNO14. The van der Waals surface area contributed by atoms with Gasteiger partial charge in [0.15, 0.2) is 11.6 Å². The molecule has 0 aliphatic carbocycles. The van der Waals surface area contributed by atoms with E-state index in [0.717, 1.165) is 25.5 Å². The number of carboxylic acid groups (broad SMARTS) is 1. The van der Waals surface area contributed by atoms with Crippen LogP contribution in [0.25, 0.3) is 0 Å². The van der Waals surface area contributed by atoms with Gasteiger partial charge in [0.05, 0.1) is 70.3 Å². The fourth-order valence-electron chi connectivity index (χ4n) is 7.83. The molecule has 1 heterocycles. The van der Waals surface area contributed by atoms with Gasteiger partial charge in [-0.25, -0.2) is 19.2 Å². The number of aliphatic hydroxyl groups excluding tert-OH is 1. The number of halogens is 1. The molecule has 5 rings (SSSR count). The van der Waals surface area contributed by atoms with Crippen LogP contribution in [0, 0.1) is 0 Å². The molecule has 1 aliphatic heterocycles. The first kappa shape index (κ1) is 74.9. The Morgan fingerprint density at radius 2 is 0.914 bits per heavy atom. The molecular weight excluding hydrogens is 1100 g/mol. The number of carbonyl (C=O) groups is 6. The molecule has 4 aromatic rings. The number of quaternary nitrogens is 1. The number of hydrogen-bond acceptors (Lipinski definition) is 13. The van der Waals surface area contributed by atoms with Crippen molar-refractivity contribution in [2.24, 2.45) is 0 Å². The molecule has 15 nitrogen and oxygen atoms in total. The number of ether oxygens (including phenoxy) is 6. The Hall–Kier alpha value is -6.14. The maximum atomic E-state index is 12.7. The van der Waals surface area contributed by atoms with Crippen molar-refractivity contribution in [1.82, 2.24) is 0 Å². The van der Waals surface area contributed by atoms with Gasteiger partial charge in [-0.3, -0.25) is 9.59 Å². The highest BCUT2D eigenvalue weighted by Gasteiger charge is 2.25. The van der Waals surface area contributed by atoms with Crippen molar-refractivity contribution >= 4 is 35.4 Å². The third-order valence-corrected chi connectivity index (χ3v) is 12.4. The second-order valence-electron chi connectivity index (χ2n) is 19.0. The molecule has 0 bridgehead atoms. The van der Waals surface area contributed by atoms with Crippen molar-refractivity contribution in [3.05, 3.63) is 168 Å². The topological polar surface area (TPSA) is 202 Å². The summed E-state index contributed by atoms with van der Waals surface area (Å²) in [7, 11) is 0. The number of aromatic carboxylic acids is 1. The molecule has 0 saturated carbocycles. The second kappa shape index (κ2) is 46.5. The number of carboxylic acids is 1. The second-order valence-corrected chi connectivity index (χ2v) is 19.0. The number of epoxide rings is 1. The average molecular weight is 1190 g/mol. The number of rotatable bonds is 36. The first-order chi connectivity index (χ1) is 38.3. The van der Waals surface area contributed by atoms with Crippen LogP contribution in [0.5, 0.6) is 0 Å². The van der Waals surface area contributed by atoms with Crippen LogP contribution in [0.1, 0.15) is 165 Å². The quantitative estimate of drug-likeness (QED) is 0.00830. The number of carbonyl (C=O) groups excluding carboxylic acids is 5. The highest BCUT2D eigenvalue weighted by Crippen LogP contribution is 2.19. The van der Waals surface area contributed by atoms with E-state index in [-0.39, 0.29) is 84.0 Å². The molecule has 16 heteroatoms. The fourth-order valence-corrected chi connectivity index (χ4v) is 7.83. The largest absolute Gasteiger partial charge is 1.00 e. The van der Waals surface area contributed by atoms with Gasteiger partial charge in [-0.05, 0) is 63.5 Å². The molecule has 4 aromatic carbocycles. The predicted octanol–water partition coefficient (Wildman–Crippen LogP) is 9.13. The number of aliphatic hydroxyl groups is 1. The number of esters is 3. The molecule has 0 radical (unpaired) electrons. The van der Waals surface area contributed by atoms with Crippen LogP contribution in [-0.4, -0.2) is 141 Å². The molecule has 2 N–H and O–H groups in total. The lowest BCUT2D eigenvalue weighted by Gasteiger charge is -2.39. The molecule has 1 aliphatic rings. The Morgan fingerprint density at radius 1 is 0.543 bits per heavy atom. The standard InChI is InChI=1S/C24H26O7.C16H36N.C14H10O3.C10H16O4.CH4.BrH/c1-2-22(26)30-15-9-8-14-29-16-19(25)17-31-24(28)21-13-7-6-12-20(21)23(27)18-10-4-3-5-11-18;1-5-9-13-17(14-10-6-2,15-11-7-3)16-12-8-4;15-13(10-6-2-1-3-7-10)11-8-4-5-9-12(11)14(16)17;1-2-10(11)13-6-4-3-5-12-7-9-8-14-9;;/h2-7,10-13,19,25H,1,8-9,14-17H2;5-16H2,1-4H3;1-9H,(H,16,17);2,9H,1,3-8H2;1H4;1H/q;+1;;;;/p-1. The van der Waals surface area contributed by atoms with E-state index in [9.17, 15) is 33.9 Å². The summed E-state index contributed by atoms with van der Waals surface area (Å²) >= 11 is 0. The van der Waals surface area contributed by atoms with E-state index in [1.54, 1.807) is 91.0 Å². The highest BCUT2D eigenvalue weighted by molar-refractivity contribution is 6.15. The van der Waals surface area contributed by atoms with E-state index >= 15 is 0 Å². The molecule has 0 amide bonds. The molecule has 1 saturated heterocycles. The minimum atomic E-state index is -1.09. The maximum Gasteiger partial charge on any atom is 0.338 e. The molecule has 2 atom stereocenters. The smallest absolute Gasteiger partial charge is 0.338 e. The Morgan fingerprint density at radius 3 is 1.31 bits per heavy atom. The average Bonchev–Trinajstić information content (AvgIpc) is 4.33. The van der Waals surface area contributed by atoms with Gasteiger partial charge < -0.3 is 60.1 Å². The molecule has 81 heavy (non-hydrogen) atoms. The van der Waals surface area contributed by atoms with Crippen LogP contribution in [0.15, 0.2) is 135 Å². The Kier molecular flexibility index (Phi) is 42.9. The minimum Gasteiger partial charge on any atom is -1.00 e. The van der Waals surface area contributed by atoms with Gasteiger partial charge in [0, 0.05) is 47.6 Å². The van der Waals surface area contributed by atoms with Gasteiger partial charge in [-0.2, -0.15) is 0 Å². The van der Waals surface area contributed by atoms with Crippen LogP contribution in [0.2, 0.25) is 0 Å². The maximum absolute atomic E-state index is 12.7. The summed E-state index contributed by atoms with van der Waals surface area (Å²) in [5, 5.41) is 19.0. The van der Waals surface area contributed by atoms with Crippen molar-refractivity contribution in [3.8, 4) is 0 Å². The lowest BCUT2D eigenvalue weighted by atomic mass is 9.98. The zero-order valence-electron chi connectivity index (χ0n) is 47.7. The fraction of sp³-hybridized carbons (Fsp3) is 0.477. The monoisotopic (exact) mass is 1190 g/mol. The summed E-state index contributed by atoms with van der Waals surface area (Å²) in [4.78, 5) is 69.8. The van der Waals surface area contributed by atoms with Gasteiger partial charge in [-0.1, -0.05) is 171 Å². The van der Waals surface area contributed by atoms with E-state index in [4.69, 9.17) is 33.5 Å². The van der Waals surface area contributed by atoms with Crippen molar-refractivity contribution in [3.63, 3.8) is 0 Å². The van der Waals surface area contributed by atoms with Crippen molar-refractivity contribution in [1.29, 1.82) is 0 Å². The number of hydrogen-bond donors (Lipinski definition) is 2. The summed E-state index contributed by atoms with van der Waals surface area (Å²) < 4.78 is 31.8. The minimum absolute atomic E-state index is 0. The van der Waals surface area contributed by atoms with E-state index in [0.29, 0.717) is 56.5 Å². The number of benzene rings is 4. The van der Waals surface area contributed by atoms with Crippen molar-refractivity contribution in [2.45, 2.75) is 124 Å². The SMILES string of the molecule is C.C=CC(=O)OCCCCOCC(O)COC(=O)c1ccccc1C(=O)c1ccccc1.C=CC(=O)OCCCCOCC1CO1.CCCC[N+](CCCC)(CCCC)CCCC.O=C(O)c1ccccc1C(=O)c1ccccc1.[Br-]. The van der Waals surface area contributed by atoms with E-state index in [2.05, 4.69) is 40.9 Å². The normalized spacial score (nSPS) is 12.2. The molecule has 0 spiro atoms. The van der Waals surface area contributed by atoms with Crippen LogP contribution in [0.4, 0.5) is 0 Å².